The van der Waals surface area contributed by atoms with Crippen LogP contribution in [0.4, 0.5) is 0 Å². The molecule has 2 N–H and O–H groups in total. The molecule has 1 aromatic rings. The molecule has 24 heavy (non-hydrogen) atoms. The van der Waals surface area contributed by atoms with Gasteiger partial charge in [-0.15, -0.1) is 0 Å². The molecular formula is C20H31N3O. The quantitative estimate of drug-likeness (QED) is 0.658. The molecule has 0 amide bonds. The molecule has 1 aromatic carbocycles. The second kappa shape index (κ2) is 8.52. The maximum Gasteiger partial charge on any atom is 0.191 e. The van der Waals surface area contributed by atoms with Crippen LogP contribution in [0.3, 0.4) is 0 Å². The Balaban J connectivity index is 1.64. The number of nitrogens with one attached hydrogen (secondary N) is 2. The predicted molar refractivity (Wildman–Crippen MR) is 99.5 cm³/mol. The Labute approximate surface area is 146 Å². The van der Waals surface area contributed by atoms with Crippen LogP contribution in [0.1, 0.15) is 50.5 Å². The number of aliphatic imine (C=N–C) groups is 1. The first-order valence-corrected chi connectivity index (χ1v) is 9.43. The first kappa shape index (κ1) is 17.3. The molecule has 2 fully saturated rings. The number of rotatable bonds is 4. The SMILES string of the molecule is CN=C(NCC1(c2ccccc2)CCOCC1)NC1CCCCC1. The molecule has 0 atom stereocenters. The van der Waals surface area contributed by atoms with E-state index in [0.29, 0.717) is 6.04 Å². The molecule has 3 rings (SSSR count). The van der Waals surface area contributed by atoms with Gasteiger partial charge in [0.15, 0.2) is 5.96 Å². The highest BCUT2D eigenvalue weighted by atomic mass is 16.5. The van der Waals surface area contributed by atoms with Gasteiger partial charge in [0.05, 0.1) is 0 Å². The maximum absolute atomic E-state index is 5.63. The summed E-state index contributed by atoms with van der Waals surface area (Å²) in [4.78, 5) is 4.45. The summed E-state index contributed by atoms with van der Waals surface area (Å²) in [6, 6.07) is 11.5. The fourth-order valence-electron chi connectivity index (χ4n) is 4.01. The van der Waals surface area contributed by atoms with Gasteiger partial charge in [-0.05, 0) is 31.2 Å². The Morgan fingerprint density at radius 1 is 1.12 bits per heavy atom. The Bertz CT molecular complexity index is 517. The summed E-state index contributed by atoms with van der Waals surface area (Å²) in [5.74, 6) is 0.948. The van der Waals surface area contributed by atoms with E-state index in [9.17, 15) is 0 Å². The molecule has 1 aliphatic carbocycles. The van der Waals surface area contributed by atoms with E-state index in [4.69, 9.17) is 4.74 Å². The highest BCUT2D eigenvalue weighted by Crippen LogP contribution is 2.34. The third kappa shape index (κ3) is 4.29. The van der Waals surface area contributed by atoms with Gasteiger partial charge in [-0.25, -0.2) is 0 Å². The van der Waals surface area contributed by atoms with Crippen molar-refractivity contribution in [3.05, 3.63) is 35.9 Å². The Morgan fingerprint density at radius 3 is 2.50 bits per heavy atom. The van der Waals surface area contributed by atoms with Crippen LogP contribution < -0.4 is 10.6 Å². The molecule has 0 bridgehead atoms. The van der Waals surface area contributed by atoms with Gasteiger partial charge in [-0.1, -0.05) is 49.6 Å². The van der Waals surface area contributed by atoms with E-state index in [-0.39, 0.29) is 5.41 Å². The van der Waals surface area contributed by atoms with Crippen LogP contribution in [0.25, 0.3) is 0 Å². The largest absolute Gasteiger partial charge is 0.381 e. The lowest BCUT2D eigenvalue weighted by atomic mass is 9.74. The van der Waals surface area contributed by atoms with Gasteiger partial charge in [-0.2, -0.15) is 0 Å². The number of nitrogens with zero attached hydrogens (tertiary/aromatic N) is 1. The van der Waals surface area contributed by atoms with Crippen LogP contribution in [0, 0.1) is 0 Å². The molecule has 0 aromatic heterocycles. The van der Waals surface area contributed by atoms with Gasteiger partial charge in [0.2, 0.25) is 0 Å². The summed E-state index contributed by atoms with van der Waals surface area (Å²) >= 11 is 0. The zero-order valence-electron chi connectivity index (χ0n) is 14.9. The highest BCUT2D eigenvalue weighted by Gasteiger charge is 2.34. The van der Waals surface area contributed by atoms with Gasteiger partial charge in [0, 0.05) is 38.3 Å². The Hall–Kier alpha value is -1.55. The number of benzene rings is 1. The molecule has 1 aliphatic heterocycles. The predicted octanol–water partition coefficient (Wildman–Crippen LogP) is 3.23. The average Bonchev–Trinajstić information content (AvgIpc) is 2.67. The van der Waals surface area contributed by atoms with Crippen molar-refractivity contribution >= 4 is 5.96 Å². The van der Waals surface area contributed by atoms with E-state index in [1.54, 1.807) is 0 Å². The minimum absolute atomic E-state index is 0.143. The Morgan fingerprint density at radius 2 is 1.83 bits per heavy atom. The van der Waals surface area contributed by atoms with Crippen molar-refractivity contribution in [2.45, 2.75) is 56.4 Å². The van der Waals surface area contributed by atoms with E-state index in [2.05, 4.69) is 46.0 Å². The summed E-state index contributed by atoms with van der Waals surface area (Å²) in [6.07, 6.45) is 8.69. The molecule has 4 nitrogen and oxygen atoms in total. The van der Waals surface area contributed by atoms with E-state index < -0.39 is 0 Å². The monoisotopic (exact) mass is 329 g/mol. The minimum atomic E-state index is 0.143. The lowest BCUT2D eigenvalue weighted by Crippen LogP contribution is -2.50. The van der Waals surface area contributed by atoms with Gasteiger partial charge in [-0.3, -0.25) is 4.99 Å². The fraction of sp³-hybridized carbons (Fsp3) is 0.650. The van der Waals surface area contributed by atoms with Crippen LogP contribution in [0.5, 0.6) is 0 Å². The molecule has 1 saturated heterocycles. The average molecular weight is 329 g/mol. The number of hydrogen-bond acceptors (Lipinski definition) is 2. The summed E-state index contributed by atoms with van der Waals surface area (Å²) in [5.41, 5.74) is 1.55. The van der Waals surface area contributed by atoms with Crippen LogP contribution in [0.2, 0.25) is 0 Å². The molecule has 0 spiro atoms. The van der Waals surface area contributed by atoms with Gasteiger partial charge < -0.3 is 15.4 Å². The summed E-state index contributed by atoms with van der Waals surface area (Å²) in [6.45, 7) is 2.59. The van der Waals surface area contributed by atoms with Gasteiger partial charge in [0.25, 0.3) is 0 Å². The topological polar surface area (TPSA) is 45.7 Å². The third-order valence-corrected chi connectivity index (χ3v) is 5.60. The standard InChI is InChI=1S/C20H31N3O/c1-21-19(23-18-10-6-3-7-11-18)22-16-20(12-14-24-15-13-20)17-8-4-2-5-9-17/h2,4-5,8-9,18H,3,6-7,10-16H2,1H3,(H2,21,22,23). The van der Waals surface area contributed by atoms with Crippen LogP contribution in [-0.2, 0) is 10.2 Å². The van der Waals surface area contributed by atoms with Crippen molar-refractivity contribution in [3.8, 4) is 0 Å². The third-order valence-electron chi connectivity index (χ3n) is 5.60. The zero-order chi connectivity index (χ0) is 16.7. The molecule has 4 heteroatoms. The van der Waals surface area contributed by atoms with Crippen molar-refractivity contribution in [2.75, 3.05) is 26.8 Å². The summed E-state index contributed by atoms with van der Waals surface area (Å²) < 4.78 is 5.63. The van der Waals surface area contributed by atoms with Gasteiger partial charge in [0.1, 0.15) is 0 Å². The first-order valence-electron chi connectivity index (χ1n) is 9.43. The molecular weight excluding hydrogens is 298 g/mol. The van der Waals surface area contributed by atoms with Crippen LogP contribution in [0.15, 0.2) is 35.3 Å². The lowest BCUT2D eigenvalue weighted by Gasteiger charge is -2.38. The molecule has 2 aliphatic rings. The lowest BCUT2D eigenvalue weighted by molar-refractivity contribution is 0.0513. The van der Waals surface area contributed by atoms with Crippen molar-refractivity contribution in [1.82, 2.24) is 10.6 Å². The van der Waals surface area contributed by atoms with Crippen LogP contribution >= 0.6 is 0 Å². The Kier molecular flexibility index (Phi) is 6.13. The molecule has 132 valence electrons. The second-order valence-electron chi connectivity index (χ2n) is 7.16. The van der Waals surface area contributed by atoms with Crippen molar-refractivity contribution in [3.63, 3.8) is 0 Å². The van der Waals surface area contributed by atoms with Gasteiger partial charge >= 0.3 is 0 Å². The molecule has 1 saturated carbocycles. The molecule has 1 heterocycles. The molecule has 0 radical (unpaired) electrons. The number of guanidine groups is 1. The van der Waals surface area contributed by atoms with E-state index in [1.165, 1.54) is 37.7 Å². The summed E-state index contributed by atoms with van der Waals surface area (Å²) in [5, 5.41) is 7.23. The van der Waals surface area contributed by atoms with Crippen LogP contribution in [-0.4, -0.2) is 38.8 Å². The van der Waals surface area contributed by atoms with Crippen molar-refractivity contribution < 1.29 is 4.74 Å². The zero-order valence-corrected chi connectivity index (χ0v) is 14.9. The highest BCUT2D eigenvalue weighted by molar-refractivity contribution is 5.80. The number of hydrogen-bond donors (Lipinski definition) is 2. The normalized spacial score (nSPS) is 22.1. The first-order chi connectivity index (χ1) is 11.8. The maximum atomic E-state index is 5.63. The smallest absolute Gasteiger partial charge is 0.191 e. The minimum Gasteiger partial charge on any atom is -0.381 e. The molecule has 0 unspecified atom stereocenters. The van der Waals surface area contributed by atoms with E-state index in [0.717, 1.165) is 38.6 Å². The summed E-state index contributed by atoms with van der Waals surface area (Å²) in [7, 11) is 1.87. The van der Waals surface area contributed by atoms with E-state index in [1.807, 2.05) is 7.05 Å². The number of ether oxygens (including phenoxy) is 1. The van der Waals surface area contributed by atoms with Crippen molar-refractivity contribution in [2.24, 2.45) is 4.99 Å². The van der Waals surface area contributed by atoms with E-state index >= 15 is 0 Å². The van der Waals surface area contributed by atoms with Crippen molar-refractivity contribution in [1.29, 1.82) is 0 Å². The second-order valence-corrected chi connectivity index (χ2v) is 7.16. The fourth-order valence-corrected chi connectivity index (χ4v) is 4.01.